The molecule has 20 heavy (non-hydrogen) atoms. The number of fused-ring (bicyclic) bond motifs is 1. The molecule has 1 aliphatic carbocycles. The molecule has 2 saturated heterocycles. The van der Waals surface area contributed by atoms with Crippen LogP contribution in [0.4, 0.5) is 8.68 Å². The van der Waals surface area contributed by atoms with Crippen LogP contribution in [-0.2, 0) is 19.7 Å². The molecule has 2 heterocycles. The monoisotopic (exact) mass is 309 g/mol. The largest absolute Gasteiger partial charge is 0.444 e. The number of halogens is 1. The van der Waals surface area contributed by atoms with E-state index in [1.165, 1.54) is 0 Å². The van der Waals surface area contributed by atoms with Gasteiger partial charge in [-0.25, -0.2) is 4.79 Å². The Kier molecular flexibility index (Phi) is 3.53. The minimum absolute atomic E-state index is 0.214. The maximum atomic E-state index is 12.8. The number of hydrogen-bond acceptors (Lipinski definition) is 5. The van der Waals surface area contributed by atoms with E-state index >= 15 is 0 Å². The Hall–Kier alpha value is -0.890. The van der Waals surface area contributed by atoms with Crippen LogP contribution in [0.2, 0.25) is 0 Å². The number of ether oxygens (including phenoxy) is 2. The van der Waals surface area contributed by atoms with E-state index in [1.54, 1.807) is 20.8 Å². The van der Waals surface area contributed by atoms with Crippen LogP contribution in [0.5, 0.6) is 0 Å². The van der Waals surface area contributed by atoms with Crippen molar-refractivity contribution in [1.82, 2.24) is 5.32 Å². The van der Waals surface area contributed by atoms with Crippen molar-refractivity contribution in [3.8, 4) is 0 Å². The van der Waals surface area contributed by atoms with Crippen LogP contribution in [0.25, 0.3) is 0 Å². The number of hydrogen-bond donors (Lipinski definition) is 1. The van der Waals surface area contributed by atoms with Crippen LogP contribution in [-0.4, -0.2) is 44.6 Å². The van der Waals surface area contributed by atoms with Crippen LogP contribution in [0.3, 0.4) is 0 Å². The summed E-state index contributed by atoms with van der Waals surface area (Å²) in [6.45, 7) is 5.74. The maximum Gasteiger partial charge on any atom is 0.407 e. The highest BCUT2D eigenvalue weighted by Gasteiger charge is 2.63. The molecule has 1 amide bonds. The highest BCUT2D eigenvalue weighted by atomic mass is 32.3. The molecule has 1 N–H and O–H groups in total. The fourth-order valence-corrected chi connectivity index (χ4v) is 4.08. The molecule has 0 atom stereocenters. The molecule has 2 aliphatic heterocycles. The number of rotatable bonds is 4. The molecular formula is C12H20FNO5S. The lowest BCUT2D eigenvalue weighted by Gasteiger charge is -2.43. The number of amides is 1. The Bertz CT molecular complexity index is 504. The lowest BCUT2D eigenvalue weighted by molar-refractivity contribution is -0.0140. The standard InChI is InChI=1S/C12H20FNO5S/c1-10(2,3)19-9(15)14-6-12-4-11(5-12,7-18-12)8-20(13,16)17/h4-8H2,1-3H3,(H,14,15). The first kappa shape index (κ1) is 15.5. The van der Waals surface area contributed by atoms with E-state index in [0.717, 1.165) is 0 Å². The molecule has 8 heteroatoms. The fraction of sp³-hybridized carbons (Fsp3) is 0.917. The van der Waals surface area contributed by atoms with Gasteiger partial charge in [0.2, 0.25) is 0 Å². The van der Waals surface area contributed by atoms with Gasteiger partial charge < -0.3 is 14.8 Å². The van der Waals surface area contributed by atoms with E-state index in [1.807, 2.05) is 0 Å². The molecule has 3 fully saturated rings. The Balaban J connectivity index is 1.82. The zero-order chi connectivity index (χ0) is 15.2. The number of alkyl carbamates (subject to hydrolysis) is 1. The summed E-state index contributed by atoms with van der Waals surface area (Å²) in [7, 11) is -4.50. The van der Waals surface area contributed by atoms with Gasteiger partial charge in [0.25, 0.3) is 0 Å². The number of carbonyl (C=O) groups excluding carboxylic acids is 1. The average molecular weight is 309 g/mol. The smallest absolute Gasteiger partial charge is 0.407 e. The molecule has 0 radical (unpaired) electrons. The molecule has 2 bridgehead atoms. The van der Waals surface area contributed by atoms with Crippen molar-refractivity contribution < 1.29 is 26.6 Å². The van der Waals surface area contributed by atoms with Gasteiger partial charge in [-0.15, -0.1) is 3.89 Å². The van der Waals surface area contributed by atoms with Crippen LogP contribution >= 0.6 is 0 Å². The first-order chi connectivity index (χ1) is 8.93. The molecule has 3 rings (SSSR count). The topological polar surface area (TPSA) is 81.7 Å². The molecule has 116 valence electrons. The SMILES string of the molecule is CC(C)(C)OC(=O)NCC12CC(CS(=O)(=O)F)(CO1)C2. The zero-order valence-corrected chi connectivity index (χ0v) is 12.7. The van der Waals surface area contributed by atoms with E-state index in [9.17, 15) is 17.1 Å². The van der Waals surface area contributed by atoms with Gasteiger partial charge in [0.15, 0.2) is 0 Å². The van der Waals surface area contributed by atoms with E-state index in [2.05, 4.69) is 5.32 Å². The summed E-state index contributed by atoms with van der Waals surface area (Å²) >= 11 is 0. The summed E-state index contributed by atoms with van der Waals surface area (Å²) in [5, 5.41) is 2.61. The predicted molar refractivity (Wildman–Crippen MR) is 69.5 cm³/mol. The first-order valence-corrected chi connectivity index (χ1v) is 8.01. The molecule has 0 aromatic rings. The Labute approximate surface area is 118 Å². The summed E-state index contributed by atoms with van der Waals surface area (Å²) in [5.74, 6) is -0.506. The van der Waals surface area contributed by atoms with Gasteiger partial charge in [0.1, 0.15) is 5.60 Å². The molecule has 0 unspecified atom stereocenters. The highest BCUT2D eigenvalue weighted by molar-refractivity contribution is 7.86. The lowest BCUT2D eigenvalue weighted by atomic mass is 9.63. The van der Waals surface area contributed by atoms with Crippen molar-refractivity contribution in [3.05, 3.63) is 0 Å². The molecule has 1 saturated carbocycles. The summed E-state index contributed by atoms with van der Waals surface area (Å²) in [6.07, 6.45) is 0.343. The van der Waals surface area contributed by atoms with Gasteiger partial charge >= 0.3 is 16.3 Å². The van der Waals surface area contributed by atoms with Crippen molar-refractivity contribution >= 4 is 16.3 Å². The number of nitrogens with one attached hydrogen (secondary N) is 1. The third-order valence-electron chi connectivity index (χ3n) is 3.51. The second kappa shape index (κ2) is 4.56. The molecule has 0 aromatic heterocycles. The van der Waals surface area contributed by atoms with Crippen molar-refractivity contribution in [3.63, 3.8) is 0 Å². The quantitative estimate of drug-likeness (QED) is 0.793. The third-order valence-corrected chi connectivity index (χ3v) is 4.47. The minimum atomic E-state index is -4.50. The fourth-order valence-electron chi connectivity index (χ4n) is 3.06. The summed E-state index contributed by atoms with van der Waals surface area (Å²) < 4.78 is 44.9. The van der Waals surface area contributed by atoms with E-state index in [-0.39, 0.29) is 13.2 Å². The molecule has 0 spiro atoms. The third kappa shape index (κ3) is 3.60. The van der Waals surface area contributed by atoms with Gasteiger partial charge in [-0.3, -0.25) is 0 Å². The normalized spacial score (nSPS) is 32.6. The zero-order valence-electron chi connectivity index (χ0n) is 11.9. The molecule has 3 aliphatic rings. The van der Waals surface area contributed by atoms with Crippen molar-refractivity contribution in [2.24, 2.45) is 5.41 Å². The van der Waals surface area contributed by atoms with Gasteiger partial charge in [0, 0.05) is 12.0 Å². The Morgan fingerprint density at radius 1 is 1.40 bits per heavy atom. The van der Waals surface area contributed by atoms with Gasteiger partial charge in [-0.1, -0.05) is 0 Å². The molecule has 0 aromatic carbocycles. The highest BCUT2D eigenvalue weighted by Crippen LogP contribution is 2.58. The van der Waals surface area contributed by atoms with Crippen LogP contribution in [0, 0.1) is 5.41 Å². The van der Waals surface area contributed by atoms with Crippen molar-refractivity contribution in [2.45, 2.75) is 44.8 Å². The average Bonchev–Trinajstić information content (AvgIpc) is 2.64. The summed E-state index contributed by atoms with van der Waals surface area (Å²) in [6, 6.07) is 0. The van der Waals surface area contributed by atoms with Gasteiger partial charge in [0.05, 0.1) is 18.0 Å². The predicted octanol–water partition coefficient (Wildman–Crippen LogP) is 1.36. The second-order valence-electron chi connectivity index (χ2n) is 6.86. The summed E-state index contributed by atoms with van der Waals surface area (Å²) in [5.41, 5.74) is -1.77. The number of carbonyl (C=O) groups is 1. The van der Waals surface area contributed by atoms with Crippen molar-refractivity contribution in [1.29, 1.82) is 0 Å². The van der Waals surface area contributed by atoms with Crippen LogP contribution in [0.1, 0.15) is 33.6 Å². The van der Waals surface area contributed by atoms with E-state index in [0.29, 0.717) is 12.8 Å². The van der Waals surface area contributed by atoms with E-state index < -0.39 is 38.7 Å². The van der Waals surface area contributed by atoms with Crippen molar-refractivity contribution in [2.75, 3.05) is 18.9 Å². The summed E-state index contributed by atoms with van der Waals surface area (Å²) in [4.78, 5) is 11.5. The van der Waals surface area contributed by atoms with Gasteiger partial charge in [-0.05, 0) is 33.6 Å². The molecular weight excluding hydrogens is 289 g/mol. The van der Waals surface area contributed by atoms with Crippen LogP contribution in [0.15, 0.2) is 0 Å². The van der Waals surface area contributed by atoms with E-state index in [4.69, 9.17) is 9.47 Å². The molecule has 6 nitrogen and oxygen atoms in total. The minimum Gasteiger partial charge on any atom is -0.444 e. The van der Waals surface area contributed by atoms with Gasteiger partial charge in [-0.2, -0.15) is 8.42 Å². The Morgan fingerprint density at radius 3 is 2.50 bits per heavy atom. The Morgan fingerprint density at radius 2 is 2.00 bits per heavy atom. The van der Waals surface area contributed by atoms with Crippen LogP contribution < -0.4 is 5.32 Å². The first-order valence-electron chi connectivity index (χ1n) is 6.46. The second-order valence-corrected chi connectivity index (χ2v) is 8.23. The lowest BCUT2D eigenvalue weighted by Crippen LogP contribution is -2.53. The maximum absolute atomic E-state index is 12.8.